The number of aromatic nitrogens is 2. The number of hydrogen-bond donors (Lipinski definition) is 2. The molecule has 0 radical (unpaired) electrons. The molecule has 6 nitrogen and oxygen atoms in total. The highest BCUT2D eigenvalue weighted by atomic mass is 19.4. The molecule has 1 aromatic carbocycles. The predicted molar refractivity (Wildman–Crippen MR) is 95.6 cm³/mol. The van der Waals surface area contributed by atoms with Crippen molar-refractivity contribution in [3.63, 3.8) is 0 Å². The zero-order valence-corrected chi connectivity index (χ0v) is 15.6. The molecule has 1 heterocycles. The van der Waals surface area contributed by atoms with Gasteiger partial charge in [0.2, 0.25) is 0 Å². The second-order valence-electron chi connectivity index (χ2n) is 7.19. The summed E-state index contributed by atoms with van der Waals surface area (Å²) in [7, 11) is 1.28. The minimum atomic E-state index is -4.63. The highest BCUT2D eigenvalue weighted by Crippen LogP contribution is 2.37. The summed E-state index contributed by atoms with van der Waals surface area (Å²) in [5, 5.41) is 5.05. The van der Waals surface area contributed by atoms with E-state index in [1.165, 1.54) is 19.2 Å². The van der Waals surface area contributed by atoms with Crippen LogP contribution in [0.3, 0.4) is 0 Å². The molecule has 0 aliphatic rings. The van der Waals surface area contributed by atoms with Gasteiger partial charge in [0.05, 0.1) is 30.7 Å². The molecular weight excluding hydrogens is 361 g/mol. The van der Waals surface area contributed by atoms with Crippen LogP contribution in [0.5, 0.6) is 5.75 Å². The van der Waals surface area contributed by atoms with Crippen LogP contribution in [-0.2, 0) is 12.7 Å². The second-order valence-corrected chi connectivity index (χ2v) is 7.19. The Labute approximate surface area is 155 Å². The number of benzene rings is 1. The number of methoxy groups -OCH3 is 1. The quantitative estimate of drug-likeness (QED) is 0.814. The average molecular weight is 384 g/mol. The van der Waals surface area contributed by atoms with Crippen molar-refractivity contribution in [2.75, 3.05) is 12.4 Å². The first-order valence-electron chi connectivity index (χ1n) is 8.29. The van der Waals surface area contributed by atoms with Gasteiger partial charge in [0, 0.05) is 18.9 Å². The molecule has 0 aliphatic carbocycles. The minimum absolute atomic E-state index is 0.0564. The normalized spacial score (nSPS) is 13.1. The van der Waals surface area contributed by atoms with Crippen molar-refractivity contribution in [1.82, 2.24) is 14.9 Å². The number of amides is 2. The highest BCUT2D eigenvalue weighted by molar-refractivity contribution is 5.90. The lowest BCUT2D eigenvalue weighted by Crippen LogP contribution is -2.48. The molecule has 9 heteroatoms. The van der Waals surface area contributed by atoms with Gasteiger partial charge in [-0.3, -0.25) is 0 Å². The molecule has 0 bridgehead atoms. The Bertz CT molecular complexity index is 768. The van der Waals surface area contributed by atoms with E-state index in [1.807, 2.05) is 20.8 Å². The Morgan fingerprint density at radius 2 is 2.00 bits per heavy atom. The van der Waals surface area contributed by atoms with Crippen LogP contribution in [-0.4, -0.2) is 28.7 Å². The van der Waals surface area contributed by atoms with Crippen LogP contribution in [0.2, 0.25) is 0 Å². The third-order valence-corrected chi connectivity index (χ3v) is 4.08. The van der Waals surface area contributed by atoms with Crippen molar-refractivity contribution >= 4 is 11.7 Å². The van der Waals surface area contributed by atoms with E-state index in [0.717, 1.165) is 6.07 Å². The fraction of sp³-hybridized carbons (Fsp3) is 0.444. The Kier molecular flexibility index (Phi) is 6.02. The number of carbonyl (C=O) groups excluding carboxylic acids is 1. The van der Waals surface area contributed by atoms with Crippen molar-refractivity contribution in [2.24, 2.45) is 5.41 Å². The van der Waals surface area contributed by atoms with Crippen molar-refractivity contribution in [3.05, 3.63) is 42.5 Å². The number of nitrogens with one attached hydrogen (secondary N) is 2. The zero-order chi connectivity index (χ0) is 20.2. The van der Waals surface area contributed by atoms with Crippen molar-refractivity contribution in [3.8, 4) is 5.75 Å². The molecule has 1 atom stereocenters. The molecule has 0 aliphatic heterocycles. The highest BCUT2D eigenvalue weighted by Gasteiger charge is 2.35. The average Bonchev–Trinajstić information content (AvgIpc) is 3.06. The Balaban J connectivity index is 2.18. The molecule has 2 N–H and O–H groups in total. The van der Waals surface area contributed by atoms with Crippen LogP contribution in [0.1, 0.15) is 26.3 Å². The van der Waals surface area contributed by atoms with E-state index >= 15 is 0 Å². The maximum atomic E-state index is 13.3. The van der Waals surface area contributed by atoms with E-state index in [9.17, 15) is 18.0 Å². The fourth-order valence-corrected chi connectivity index (χ4v) is 2.45. The van der Waals surface area contributed by atoms with E-state index in [4.69, 9.17) is 4.74 Å². The number of rotatable bonds is 5. The molecule has 0 spiro atoms. The van der Waals surface area contributed by atoms with Gasteiger partial charge in [-0.05, 0) is 23.6 Å². The summed E-state index contributed by atoms with van der Waals surface area (Å²) in [6.07, 6.45) is 0.358. The number of halogens is 3. The van der Waals surface area contributed by atoms with E-state index in [-0.39, 0.29) is 22.9 Å². The van der Waals surface area contributed by atoms with Gasteiger partial charge >= 0.3 is 12.2 Å². The van der Waals surface area contributed by atoms with Gasteiger partial charge in [-0.2, -0.15) is 13.2 Å². The molecule has 148 valence electrons. The van der Waals surface area contributed by atoms with Crippen LogP contribution in [0.15, 0.2) is 36.9 Å². The summed E-state index contributed by atoms with van der Waals surface area (Å²) >= 11 is 0. The van der Waals surface area contributed by atoms with Crippen LogP contribution >= 0.6 is 0 Å². The summed E-state index contributed by atoms with van der Waals surface area (Å²) in [6, 6.07) is 2.33. The third-order valence-electron chi connectivity index (χ3n) is 4.08. The van der Waals surface area contributed by atoms with E-state index in [2.05, 4.69) is 15.6 Å². The molecule has 1 unspecified atom stereocenters. The molecule has 2 amide bonds. The number of carbonyl (C=O) groups is 1. The number of hydrogen-bond acceptors (Lipinski definition) is 3. The summed E-state index contributed by atoms with van der Waals surface area (Å²) in [5.74, 6) is 0.0564. The Morgan fingerprint density at radius 1 is 1.30 bits per heavy atom. The van der Waals surface area contributed by atoms with Gasteiger partial charge in [-0.25, -0.2) is 9.78 Å². The number of urea groups is 1. The molecule has 1 aromatic heterocycles. The molecule has 27 heavy (non-hydrogen) atoms. The number of anilines is 1. The van der Waals surface area contributed by atoms with Gasteiger partial charge in [0.25, 0.3) is 0 Å². The van der Waals surface area contributed by atoms with Crippen LogP contribution in [0.4, 0.5) is 23.7 Å². The monoisotopic (exact) mass is 384 g/mol. The number of ether oxygens (including phenoxy) is 1. The molecule has 2 aromatic rings. The van der Waals surface area contributed by atoms with Gasteiger partial charge in [-0.15, -0.1) is 0 Å². The topological polar surface area (TPSA) is 68.2 Å². The molecule has 0 fully saturated rings. The first-order valence-corrected chi connectivity index (χ1v) is 8.29. The first-order chi connectivity index (χ1) is 12.5. The standard InChI is InChI=1S/C18H23F3N4O2/c1-17(2,3)15(10-25-8-7-22-11-25)24-16(26)23-14-6-5-12(27-4)9-13(14)18(19,20)21/h5-9,11,15H,10H2,1-4H3,(H2,23,24,26). The van der Waals surface area contributed by atoms with Crippen LogP contribution < -0.4 is 15.4 Å². The largest absolute Gasteiger partial charge is 0.497 e. The molecule has 0 saturated carbocycles. The number of nitrogens with zero attached hydrogens (tertiary/aromatic N) is 2. The van der Waals surface area contributed by atoms with Gasteiger partial charge in [0.15, 0.2) is 0 Å². The van der Waals surface area contributed by atoms with E-state index in [0.29, 0.717) is 6.54 Å². The first kappa shape index (κ1) is 20.6. The Morgan fingerprint density at radius 3 is 2.52 bits per heavy atom. The van der Waals surface area contributed by atoms with Gasteiger partial charge in [0.1, 0.15) is 5.75 Å². The maximum Gasteiger partial charge on any atom is 0.418 e. The maximum absolute atomic E-state index is 13.3. The van der Waals surface area contributed by atoms with Crippen molar-refractivity contribution < 1.29 is 22.7 Å². The fourth-order valence-electron chi connectivity index (χ4n) is 2.45. The lowest BCUT2D eigenvalue weighted by atomic mass is 9.86. The van der Waals surface area contributed by atoms with E-state index < -0.39 is 17.8 Å². The molecule has 2 rings (SSSR count). The summed E-state index contributed by atoms with van der Waals surface area (Å²) in [5.41, 5.74) is -1.64. The van der Waals surface area contributed by atoms with Crippen LogP contribution in [0.25, 0.3) is 0 Å². The zero-order valence-electron chi connectivity index (χ0n) is 15.6. The summed E-state index contributed by atoms with van der Waals surface area (Å²) in [4.78, 5) is 16.3. The predicted octanol–water partition coefficient (Wildman–Crippen LogP) is 4.15. The van der Waals surface area contributed by atoms with E-state index in [1.54, 1.807) is 23.3 Å². The lowest BCUT2D eigenvalue weighted by molar-refractivity contribution is -0.137. The van der Waals surface area contributed by atoms with Crippen molar-refractivity contribution in [2.45, 2.75) is 39.5 Å². The summed E-state index contributed by atoms with van der Waals surface area (Å²) in [6.45, 7) is 6.24. The summed E-state index contributed by atoms with van der Waals surface area (Å²) < 4.78 is 46.5. The lowest BCUT2D eigenvalue weighted by Gasteiger charge is -2.32. The van der Waals surface area contributed by atoms with Crippen LogP contribution in [0, 0.1) is 5.41 Å². The minimum Gasteiger partial charge on any atom is -0.497 e. The molecular formula is C18H23F3N4O2. The molecule has 0 saturated heterocycles. The smallest absolute Gasteiger partial charge is 0.418 e. The van der Waals surface area contributed by atoms with Gasteiger partial charge in [-0.1, -0.05) is 20.8 Å². The SMILES string of the molecule is COc1ccc(NC(=O)NC(Cn2ccnc2)C(C)(C)C)c(C(F)(F)F)c1. The van der Waals surface area contributed by atoms with Gasteiger partial charge < -0.3 is 19.9 Å². The van der Waals surface area contributed by atoms with Crippen molar-refractivity contribution in [1.29, 1.82) is 0 Å². The second kappa shape index (κ2) is 7.89. The third kappa shape index (κ3) is 5.63. The Hall–Kier alpha value is -2.71. The number of imidazole rings is 1. The number of alkyl halides is 3.